The van der Waals surface area contributed by atoms with Crippen LogP contribution in [0.5, 0.6) is 0 Å². The molecule has 1 aromatic rings. The molecular weight excluding hydrogens is 306 g/mol. The smallest absolute Gasteiger partial charge is 0.207 e. The molecule has 0 amide bonds. The minimum absolute atomic E-state index is 0.336. The molecular formula is C16H24ClNO2S. The van der Waals surface area contributed by atoms with Crippen molar-refractivity contribution in [3.63, 3.8) is 0 Å². The van der Waals surface area contributed by atoms with Gasteiger partial charge in [0, 0.05) is 19.0 Å². The van der Waals surface area contributed by atoms with E-state index >= 15 is 0 Å². The Balaban J connectivity index is 2.39. The van der Waals surface area contributed by atoms with E-state index in [0.717, 1.165) is 30.4 Å². The third kappa shape index (κ3) is 3.99. The fourth-order valence-corrected chi connectivity index (χ4v) is 4.62. The van der Waals surface area contributed by atoms with E-state index < -0.39 is 10.0 Å². The lowest BCUT2D eigenvalue weighted by molar-refractivity contribution is 0.395. The van der Waals surface area contributed by atoms with Gasteiger partial charge in [0.1, 0.15) is 0 Å². The number of benzene rings is 1. The van der Waals surface area contributed by atoms with Crippen LogP contribution in [-0.2, 0) is 22.3 Å². The van der Waals surface area contributed by atoms with Crippen molar-refractivity contribution in [2.24, 2.45) is 5.92 Å². The Labute approximate surface area is 133 Å². The molecule has 0 unspecified atom stereocenters. The topological polar surface area (TPSA) is 37.4 Å². The number of nitrogens with zero attached hydrogens (tertiary/aromatic N) is 1. The normalized spacial score (nSPS) is 15.6. The highest BCUT2D eigenvalue weighted by molar-refractivity contribution is 7.89. The van der Waals surface area contributed by atoms with Crippen molar-refractivity contribution in [1.82, 2.24) is 4.31 Å². The van der Waals surface area contributed by atoms with Crippen molar-refractivity contribution in [1.29, 1.82) is 0 Å². The summed E-state index contributed by atoms with van der Waals surface area (Å²) in [5.74, 6) is 0.885. The van der Waals surface area contributed by atoms with Gasteiger partial charge in [-0.1, -0.05) is 26.0 Å². The zero-order chi connectivity index (χ0) is 15.5. The first-order valence-corrected chi connectivity index (χ1v) is 9.68. The SMILES string of the molecule is CCCN(CC1CC1)S(=O)(=O)c1cc(CCl)ccc1CC. The van der Waals surface area contributed by atoms with Crippen molar-refractivity contribution < 1.29 is 8.42 Å². The number of sulfonamides is 1. The fraction of sp³-hybridized carbons (Fsp3) is 0.625. The lowest BCUT2D eigenvalue weighted by Crippen LogP contribution is -2.34. The van der Waals surface area contributed by atoms with E-state index in [-0.39, 0.29) is 0 Å². The van der Waals surface area contributed by atoms with E-state index in [0.29, 0.717) is 36.2 Å². The lowest BCUT2D eigenvalue weighted by Gasteiger charge is -2.23. The number of hydrogen-bond donors (Lipinski definition) is 0. The Bertz CT molecular complexity index is 582. The van der Waals surface area contributed by atoms with Crippen molar-refractivity contribution in [3.05, 3.63) is 29.3 Å². The molecule has 5 heteroatoms. The van der Waals surface area contributed by atoms with E-state index in [1.54, 1.807) is 10.4 Å². The van der Waals surface area contributed by atoms with Gasteiger partial charge in [-0.05, 0) is 48.8 Å². The van der Waals surface area contributed by atoms with Crippen LogP contribution in [0, 0.1) is 5.92 Å². The Hall–Kier alpha value is -0.580. The number of hydrogen-bond acceptors (Lipinski definition) is 2. The van der Waals surface area contributed by atoms with Gasteiger partial charge < -0.3 is 0 Å². The number of halogens is 1. The molecule has 0 saturated heterocycles. The maximum absolute atomic E-state index is 13.0. The maximum Gasteiger partial charge on any atom is 0.243 e. The quantitative estimate of drug-likeness (QED) is 0.680. The molecule has 2 rings (SSSR count). The standard InChI is InChI=1S/C16H24ClNO2S/c1-3-9-18(12-13-5-6-13)21(19,20)16-10-14(11-17)7-8-15(16)4-2/h7-8,10,13H,3-6,9,11-12H2,1-2H3. The minimum Gasteiger partial charge on any atom is -0.207 e. The Morgan fingerprint density at radius 3 is 2.52 bits per heavy atom. The highest BCUT2D eigenvalue weighted by Crippen LogP contribution is 2.32. The molecule has 0 aromatic heterocycles. The van der Waals surface area contributed by atoms with E-state index in [1.165, 1.54) is 0 Å². The Morgan fingerprint density at radius 2 is 2.00 bits per heavy atom. The van der Waals surface area contributed by atoms with Gasteiger partial charge in [-0.2, -0.15) is 4.31 Å². The van der Waals surface area contributed by atoms with Crippen LogP contribution < -0.4 is 0 Å². The van der Waals surface area contributed by atoms with Crippen molar-refractivity contribution in [3.8, 4) is 0 Å². The molecule has 0 aliphatic heterocycles. The minimum atomic E-state index is -3.42. The van der Waals surface area contributed by atoms with Crippen LogP contribution in [0.3, 0.4) is 0 Å². The van der Waals surface area contributed by atoms with Crippen LogP contribution in [-0.4, -0.2) is 25.8 Å². The van der Waals surface area contributed by atoms with Crippen LogP contribution in [0.4, 0.5) is 0 Å². The van der Waals surface area contributed by atoms with Gasteiger partial charge in [-0.15, -0.1) is 11.6 Å². The molecule has 0 atom stereocenters. The summed E-state index contributed by atoms with van der Waals surface area (Å²) in [4.78, 5) is 0.442. The fourth-order valence-electron chi connectivity index (χ4n) is 2.50. The van der Waals surface area contributed by atoms with Gasteiger partial charge in [0.2, 0.25) is 10.0 Å². The summed E-state index contributed by atoms with van der Waals surface area (Å²) in [6.45, 7) is 5.25. The molecule has 0 spiro atoms. The summed E-state index contributed by atoms with van der Waals surface area (Å²) >= 11 is 5.87. The highest BCUT2D eigenvalue weighted by atomic mass is 35.5. The molecule has 118 valence electrons. The molecule has 21 heavy (non-hydrogen) atoms. The predicted octanol–water partition coefficient (Wildman–Crippen LogP) is 3.80. The largest absolute Gasteiger partial charge is 0.243 e. The first kappa shape index (κ1) is 16.8. The highest BCUT2D eigenvalue weighted by Gasteiger charge is 2.32. The molecule has 0 radical (unpaired) electrons. The summed E-state index contributed by atoms with van der Waals surface area (Å²) in [6.07, 6.45) is 3.85. The summed E-state index contributed by atoms with van der Waals surface area (Å²) in [6, 6.07) is 5.55. The monoisotopic (exact) mass is 329 g/mol. The molecule has 1 aromatic carbocycles. The predicted molar refractivity (Wildman–Crippen MR) is 87.2 cm³/mol. The summed E-state index contributed by atoms with van der Waals surface area (Å²) < 4.78 is 27.7. The number of aryl methyl sites for hydroxylation is 1. The second-order valence-electron chi connectivity index (χ2n) is 5.74. The third-order valence-electron chi connectivity index (χ3n) is 3.92. The zero-order valence-electron chi connectivity index (χ0n) is 12.8. The van der Waals surface area contributed by atoms with Gasteiger partial charge in [0.25, 0.3) is 0 Å². The van der Waals surface area contributed by atoms with E-state index in [2.05, 4.69) is 0 Å². The summed E-state index contributed by atoms with van der Waals surface area (Å²) in [7, 11) is -3.42. The first-order chi connectivity index (χ1) is 10.0. The van der Waals surface area contributed by atoms with Crippen molar-refractivity contribution in [2.75, 3.05) is 13.1 Å². The van der Waals surface area contributed by atoms with Crippen LogP contribution >= 0.6 is 11.6 Å². The Morgan fingerprint density at radius 1 is 1.29 bits per heavy atom. The van der Waals surface area contributed by atoms with Gasteiger partial charge in [-0.3, -0.25) is 0 Å². The molecule has 1 aliphatic carbocycles. The second kappa shape index (κ2) is 7.12. The van der Waals surface area contributed by atoms with E-state index in [4.69, 9.17) is 11.6 Å². The molecule has 0 N–H and O–H groups in total. The van der Waals surface area contributed by atoms with Gasteiger partial charge in [0.15, 0.2) is 0 Å². The van der Waals surface area contributed by atoms with Crippen molar-refractivity contribution >= 4 is 21.6 Å². The average molecular weight is 330 g/mol. The van der Waals surface area contributed by atoms with Gasteiger partial charge in [0.05, 0.1) is 4.90 Å². The van der Waals surface area contributed by atoms with Crippen LogP contribution in [0.2, 0.25) is 0 Å². The molecule has 1 saturated carbocycles. The molecule has 1 fully saturated rings. The van der Waals surface area contributed by atoms with E-state index in [9.17, 15) is 8.42 Å². The maximum atomic E-state index is 13.0. The summed E-state index contributed by atoms with van der Waals surface area (Å²) in [5.41, 5.74) is 1.73. The molecule has 3 nitrogen and oxygen atoms in total. The molecule has 0 heterocycles. The molecule has 0 bridgehead atoms. The summed E-state index contributed by atoms with van der Waals surface area (Å²) in [5, 5.41) is 0. The van der Waals surface area contributed by atoms with Crippen LogP contribution in [0.25, 0.3) is 0 Å². The third-order valence-corrected chi connectivity index (χ3v) is 6.17. The first-order valence-electron chi connectivity index (χ1n) is 7.70. The van der Waals surface area contributed by atoms with Crippen LogP contribution in [0.1, 0.15) is 44.2 Å². The van der Waals surface area contributed by atoms with E-state index in [1.807, 2.05) is 26.0 Å². The lowest BCUT2D eigenvalue weighted by atomic mass is 10.1. The number of alkyl halides is 1. The Kier molecular flexibility index (Phi) is 5.69. The zero-order valence-corrected chi connectivity index (χ0v) is 14.4. The number of rotatable bonds is 8. The van der Waals surface area contributed by atoms with Crippen molar-refractivity contribution in [2.45, 2.75) is 50.3 Å². The second-order valence-corrected chi connectivity index (χ2v) is 7.91. The van der Waals surface area contributed by atoms with Crippen LogP contribution in [0.15, 0.2) is 23.1 Å². The van der Waals surface area contributed by atoms with Gasteiger partial charge >= 0.3 is 0 Å². The average Bonchev–Trinajstić information content (AvgIpc) is 3.30. The van der Waals surface area contributed by atoms with Gasteiger partial charge in [-0.25, -0.2) is 8.42 Å². The molecule has 1 aliphatic rings.